The van der Waals surface area contributed by atoms with Gasteiger partial charge in [-0.2, -0.15) is 14.7 Å². The summed E-state index contributed by atoms with van der Waals surface area (Å²) in [6.07, 6.45) is 2.55. The molecule has 0 spiro atoms. The van der Waals surface area contributed by atoms with E-state index in [1.165, 1.54) is 16.7 Å². The van der Waals surface area contributed by atoms with Crippen molar-refractivity contribution in [2.24, 2.45) is 0 Å². The number of hydrogen-bond donors (Lipinski definition) is 2. The number of nitrogens with zero attached hydrogens (tertiary/aromatic N) is 3. The minimum Gasteiger partial charge on any atom is -0.313 e. The van der Waals surface area contributed by atoms with E-state index < -0.39 is 16.1 Å². The minimum atomic E-state index is -3.60. The zero-order chi connectivity index (χ0) is 11.6. The highest BCUT2D eigenvalue weighted by atomic mass is 32.2. The highest BCUT2D eigenvalue weighted by molar-refractivity contribution is 7.89. The van der Waals surface area contributed by atoms with E-state index >= 15 is 0 Å². The third-order valence-corrected chi connectivity index (χ3v) is 4.30. The standard InChI is InChI=1S/C8H11N5O2S/c9-3-7-4-10-1-2-13(7)16(14,15)8-5-11-12-6-8/h5-7,10H,1-2,4H2,(H,11,12). The maximum atomic E-state index is 12.1. The van der Waals surface area contributed by atoms with Gasteiger partial charge >= 0.3 is 0 Å². The number of aromatic nitrogens is 2. The van der Waals surface area contributed by atoms with Crippen LogP contribution >= 0.6 is 0 Å². The van der Waals surface area contributed by atoms with E-state index in [1.54, 1.807) is 0 Å². The van der Waals surface area contributed by atoms with Gasteiger partial charge in [0.05, 0.1) is 12.3 Å². The molecule has 0 amide bonds. The summed E-state index contributed by atoms with van der Waals surface area (Å²) in [5.41, 5.74) is 0. The topological polar surface area (TPSA) is 102 Å². The Hall–Kier alpha value is -1.43. The lowest BCUT2D eigenvalue weighted by atomic mass is 10.3. The average Bonchev–Trinajstić information content (AvgIpc) is 2.83. The molecule has 0 radical (unpaired) electrons. The molecule has 0 bridgehead atoms. The molecular formula is C8H11N5O2S. The highest BCUT2D eigenvalue weighted by Gasteiger charge is 2.33. The van der Waals surface area contributed by atoms with E-state index in [1.807, 2.05) is 6.07 Å². The Morgan fingerprint density at radius 3 is 3.06 bits per heavy atom. The first-order valence-corrected chi connectivity index (χ1v) is 6.21. The molecule has 0 aromatic carbocycles. The Balaban J connectivity index is 2.33. The molecule has 7 nitrogen and oxygen atoms in total. The van der Waals surface area contributed by atoms with Crippen molar-refractivity contribution in [3.63, 3.8) is 0 Å². The van der Waals surface area contributed by atoms with E-state index in [9.17, 15) is 8.42 Å². The van der Waals surface area contributed by atoms with Crippen LogP contribution in [-0.2, 0) is 10.0 Å². The minimum absolute atomic E-state index is 0.0923. The number of rotatable bonds is 2. The summed E-state index contributed by atoms with van der Waals surface area (Å²) < 4.78 is 25.4. The van der Waals surface area contributed by atoms with Gasteiger partial charge in [0.25, 0.3) is 0 Å². The summed E-state index contributed by atoms with van der Waals surface area (Å²) in [5.74, 6) is 0. The van der Waals surface area contributed by atoms with Crippen molar-refractivity contribution in [3.05, 3.63) is 12.4 Å². The largest absolute Gasteiger partial charge is 0.313 e. The second-order valence-electron chi connectivity index (χ2n) is 3.40. The number of hydrogen-bond acceptors (Lipinski definition) is 5. The fourth-order valence-corrected chi connectivity index (χ4v) is 3.05. The van der Waals surface area contributed by atoms with Crippen LogP contribution in [0.15, 0.2) is 17.3 Å². The van der Waals surface area contributed by atoms with Gasteiger partial charge in [0.2, 0.25) is 10.0 Å². The first-order valence-electron chi connectivity index (χ1n) is 4.77. The van der Waals surface area contributed by atoms with E-state index in [2.05, 4.69) is 15.5 Å². The average molecular weight is 241 g/mol. The first-order chi connectivity index (χ1) is 7.66. The monoisotopic (exact) mass is 241 g/mol. The van der Waals surface area contributed by atoms with E-state index in [4.69, 9.17) is 5.26 Å². The Labute approximate surface area is 93.1 Å². The predicted molar refractivity (Wildman–Crippen MR) is 54.8 cm³/mol. The van der Waals surface area contributed by atoms with Crippen LogP contribution in [0.25, 0.3) is 0 Å². The molecule has 2 N–H and O–H groups in total. The zero-order valence-electron chi connectivity index (χ0n) is 8.42. The van der Waals surface area contributed by atoms with Gasteiger partial charge in [0.15, 0.2) is 0 Å². The van der Waals surface area contributed by atoms with Crippen LogP contribution in [-0.4, -0.2) is 48.6 Å². The van der Waals surface area contributed by atoms with Gasteiger partial charge in [-0.1, -0.05) is 0 Å². The van der Waals surface area contributed by atoms with Crippen molar-refractivity contribution in [1.82, 2.24) is 19.8 Å². The summed E-state index contributed by atoms with van der Waals surface area (Å²) in [4.78, 5) is 0.0923. The number of H-pyrrole nitrogens is 1. The number of sulfonamides is 1. The SMILES string of the molecule is N#CC1CNCCN1S(=O)(=O)c1cn[nH]c1. The zero-order valence-corrected chi connectivity index (χ0v) is 9.24. The molecule has 1 saturated heterocycles. The third-order valence-electron chi connectivity index (χ3n) is 2.42. The maximum absolute atomic E-state index is 12.1. The van der Waals surface area contributed by atoms with Crippen LogP contribution in [0, 0.1) is 11.3 Å². The Morgan fingerprint density at radius 1 is 1.62 bits per heavy atom. The lowest BCUT2D eigenvalue weighted by Crippen LogP contribution is -2.52. The van der Waals surface area contributed by atoms with Crippen LogP contribution in [0.3, 0.4) is 0 Å². The van der Waals surface area contributed by atoms with Crippen molar-refractivity contribution in [1.29, 1.82) is 5.26 Å². The van der Waals surface area contributed by atoms with Crippen molar-refractivity contribution in [2.45, 2.75) is 10.9 Å². The van der Waals surface area contributed by atoms with Gasteiger partial charge in [-0.25, -0.2) is 8.42 Å². The molecule has 2 heterocycles. The quantitative estimate of drug-likeness (QED) is 0.684. The van der Waals surface area contributed by atoms with Gasteiger partial charge in [-0.05, 0) is 0 Å². The van der Waals surface area contributed by atoms with E-state index in [-0.39, 0.29) is 4.90 Å². The van der Waals surface area contributed by atoms with Crippen LogP contribution in [0.2, 0.25) is 0 Å². The normalized spacial score (nSPS) is 22.8. The smallest absolute Gasteiger partial charge is 0.247 e. The molecule has 8 heteroatoms. The summed E-state index contributed by atoms with van der Waals surface area (Å²) >= 11 is 0. The van der Waals surface area contributed by atoms with Crippen LogP contribution in [0.5, 0.6) is 0 Å². The van der Waals surface area contributed by atoms with Gasteiger partial charge in [0.1, 0.15) is 10.9 Å². The van der Waals surface area contributed by atoms with Crippen molar-refractivity contribution >= 4 is 10.0 Å². The summed E-state index contributed by atoms with van der Waals surface area (Å²) in [6, 6.07) is 1.32. The number of nitriles is 1. The van der Waals surface area contributed by atoms with E-state index in [0.29, 0.717) is 19.6 Å². The maximum Gasteiger partial charge on any atom is 0.247 e. The lowest BCUT2D eigenvalue weighted by molar-refractivity contribution is 0.312. The molecule has 1 aromatic heterocycles. The predicted octanol–water partition coefficient (Wildman–Crippen LogP) is -1.10. The van der Waals surface area contributed by atoms with E-state index in [0.717, 1.165) is 0 Å². The third kappa shape index (κ3) is 1.80. The molecule has 0 saturated carbocycles. The molecule has 1 atom stereocenters. The second-order valence-corrected chi connectivity index (χ2v) is 5.29. The molecular weight excluding hydrogens is 230 g/mol. The summed E-state index contributed by atoms with van der Waals surface area (Å²) in [5, 5.41) is 17.9. The molecule has 1 fully saturated rings. The summed E-state index contributed by atoms with van der Waals surface area (Å²) in [6.45, 7) is 1.20. The molecule has 1 aromatic rings. The van der Waals surface area contributed by atoms with Gasteiger partial charge < -0.3 is 5.32 Å². The fourth-order valence-electron chi connectivity index (χ4n) is 1.60. The van der Waals surface area contributed by atoms with Gasteiger partial charge in [0, 0.05) is 25.8 Å². The molecule has 1 unspecified atom stereocenters. The van der Waals surface area contributed by atoms with Crippen LogP contribution in [0.1, 0.15) is 0 Å². The second kappa shape index (κ2) is 4.21. The Bertz CT molecular complexity index is 489. The molecule has 2 rings (SSSR count). The number of aromatic amines is 1. The first kappa shape index (κ1) is 11.1. The molecule has 0 aliphatic carbocycles. The van der Waals surface area contributed by atoms with Crippen molar-refractivity contribution < 1.29 is 8.42 Å². The van der Waals surface area contributed by atoms with Crippen molar-refractivity contribution in [3.8, 4) is 6.07 Å². The Morgan fingerprint density at radius 2 is 2.44 bits per heavy atom. The van der Waals surface area contributed by atoms with Crippen LogP contribution < -0.4 is 5.32 Å². The fraction of sp³-hybridized carbons (Fsp3) is 0.500. The molecule has 1 aliphatic heterocycles. The molecule has 16 heavy (non-hydrogen) atoms. The number of piperazine rings is 1. The highest BCUT2D eigenvalue weighted by Crippen LogP contribution is 2.17. The lowest BCUT2D eigenvalue weighted by Gasteiger charge is -2.30. The molecule has 86 valence electrons. The van der Waals surface area contributed by atoms with Gasteiger partial charge in [-0.3, -0.25) is 5.10 Å². The van der Waals surface area contributed by atoms with Crippen LogP contribution in [0.4, 0.5) is 0 Å². The summed E-state index contributed by atoms with van der Waals surface area (Å²) in [7, 11) is -3.60. The van der Waals surface area contributed by atoms with Gasteiger partial charge in [-0.15, -0.1) is 0 Å². The Kier molecular flexibility index (Phi) is 2.91. The number of nitrogens with one attached hydrogen (secondary N) is 2. The van der Waals surface area contributed by atoms with Crippen molar-refractivity contribution in [2.75, 3.05) is 19.6 Å². The molecule has 1 aliphatic rings.